The molecule has 14 nitrogen and oxygen atoms in total. The average molecular weight is 917 g/mol. The molecular weight excluding hydrogens is 838 g/mol. The lowest BCUT2D eigenvalue weighted by Gasteiger charge is -2.20. The number of carbonyl (C=O) groups is 2. The lowest BCUT2D eigenvalue weighted by Crippen LogP contribution is -2.29. The predicted octanol–water partition coefficient (Wildman–Crippen LogP) is 10.5. The van der Waals surface area contributed by atoms with Crippen molar-refractivity contribution in [1.29, 1.82) is 0 Å². The van der Waals surface area contributed by atoms with E-state index in [2.05, 4.69) is 88.9 Å². The highest BCUT2D eigenvalue weighted by Gasteiger charge is 2.28. The van der Waals surface area contributed by atoms with Crippen molar-refractivity contribution in [2.24, 2.45) is 0 Å². The Morgan fingerprint density at radius 3 is 1.48 bits per heavy atom. The van der Waals surface area contributed by atoms with Gasteiger partial charge in [-0.05, 0) is 96.3 Å². The SMILES string of the molecule is CCCCC/C=C\C/C=C\C/C=C\CCCCCCC(=O)OC[C@H](COP(=O)(O)OC[C@@H](O)COP(=O)(O)O)OC(=O)CCC/C=C\C/C=C\C/C=C\C/C=C\CC[C@H](O)CC. The van der Waals surface area contributed by atoms with Crippen molar-refractivity contribution in [3.8, 4) is 0 Å². The molecule has 0 radical (unpaired) electrons. The van der Waals surface area contributed by atoms with Crippen LogP contribution in [0.5, 0.6) is 0 Å². The van der Waals surface area contributed by atoms with E-state index in [0.717, 1.165) is 83.5 Å². The first-order chi connectivity index (χ1) is 29.8. The summed E-state index contributed by atoms with van der Waals surface area (Å²) in [4.78, 5) is 52.7. The van der Waals surface area contributed by atoms with Crippen molar-refractivity contribution in [3.05, 3.63) is 85.1 Å². The molecule has 0 aromatic heterocycles. The fraction of sp³-hybridized carbons (Fsp3) is 0.652. The Balaban J connectivity index is 4.67. The topological polar surface area (TPSA) is 216 Å². The van der Waals surface area contributed by atoms with E-state index in [4.69, 9.17) is 23.8 Å². The molecule has 0 saturated heterocycles. The summed E-state index contributed by atoms with van der Waals surface area (Å²) in [5.41, 5.74) is 0. The Labute approximate surface area is 371 Å². The molecule has 0 fully saturated rings. The molecule has 0 aromatic rings. The van der Waals surface area contributed by atoms with Gasteiger partial charge in [-0.25, -0.2) is 9.13 Å². The summed E-state index contributed by atoms with van der Waals surface area (Å²) in [5.74, 6) is -1.15. The third-order valence-corrected chi connectivity index (χ3v) is 10.3. The van der Waals surface area contributed by atoms with Gasteiger partial charge in [-0.1, -0.05) is 125 Å². The smallest absolute Gasteiger partial charge is 0.462 e. The number of aliphatic hydroxyl groups excluding tert-OH is 2. The van der Waals surface area contributed by atoms with E-state index >= 15 is 0 Å². The molecule has 0 aliphatic heterocycles. The molecule has 356 valence electrons. The number of hydrogen-bond donors (Lipinski definition) is 5. The van der Waals surface area contributed by atoms with Crippen molar-refractivity contribution in [3.63, 3.8) is 0 Å². The van der Waals surface area contributed by atoms with Crippen LogP contribution in [0.3, 0.4) is 0 Å². The summed E-state index contributed by atoms with van der Waals surface area (Å²) in [6, 6.07) is 0. The fourth-order valence-electron chi connectivity index (χ4n) is 5.33. The Hall–Kier alpha value is -2.74. The molecule has 0 aliphatic carbocycles. The van der Waals surface area contributed by atoms with Crippen LogP contribution in [0.15, 0.2) is 85.1 Å². The maximum atomic E-state index is 12.7. The van der Waals surface area contributed by atoms with Crippen molar-refractivity contribution in [2.45, 2.75) is 167 Å². The van der Waals surface area contributed by atoms with Gasteiger partial charge in [0.25, 0.3) is 0 Å². The van der Waals surface area contributed by atoms with Crippen LogP contribution in [-0.2, 0) is 41.8 Å². The first kappa shape index (κ1) is 59.3. The first-order valence-electron chi connectivity index (χ1n) is 22.4. The van der Waals surface area contributed by atoms with E-state index in [0.29, 0.717) is 19.3 Å². The molecule has 0 rings (SSSR count). The highest BCUT2D eigenvalue weighted by molar-refractivity contribution is 7.47. The fourth-order valence-corrected chi connectivity index (χ4v) is 6.48. The summed E-state index contributed by atoms with van der Waals surface area (Å²) in [6.45, 7) is 1.34. The van der Waals surface area contributed by atoms with Gasteiger partial charge in [0.2, 0.25) is 0 Å². The van der Waals surface area contributed by atoms with Gasteiger partial charge in [0.1, 0.15) is 12.7 Å². The number of phosphoric ester groups is 2. The number of esters is 2. The molecule has 0 bridgehead atoms. The van der Waals surface area contributed by atoms with E-state index in [-0.39, 0.29) is 18.9 Å². The van der Waals surface area contributed by atoms with Gasteiger partial charge in [0.15, 0.2) is 6.10 Å². The van der Waals surface area contributed by atoms with E-state index in [1.807, 2.05) is 19.1 Å². The summed E-state index contributed by atoms with van der Waals surface area (Å²) >= 11 is 0. The standard InChI is InChI=1S/C46H78O14P2/c1-3-5-6-7-8-9-10-11-12-13-14-18-21-24-27-30-33-36-45(49)56-40-44(41-59-62(54,55)58-39-43(48)38-57-61(51,52)53)60-46(50)37-34-31-28-25-22-19-16-15-17-20-23-26-29-32-35-42(47)4-2/h8-9,11-12,14,16-20,25-26,28-29,42-44,47-48H,3-7,10,13,15,21-24,27,30-41H2,1-2H3,(H,54,55)(H2,51,52,53)/b9-8-,12-11-,18-14-,19-16-,20-17-,28-25-,29-26-/t42-,43+,44-/m1/s1. The Bertz CT molecular complexity index is 1430. The molecule has 0 heterocycles. The van der Waals surface area contributed by atoms with Gasteiger partial charge in [-0.15, -0.1) is 0 Å². The molecule has 1 unspecified atom stereocenters. The number of hydrogen-bond acceptors (Lipinski definition) is 11. The lowest BCUT2D eigenvalue weighted by atomic mass is 10.1. The van der Waals surface area contributed by atoms with Crippen molar-refractivity contribution in [1.82, 2.24) is 0 Å². The third kappa shape index (κ3) is 43.9. The monoisotopic (exact) mass is 916 g/mol. The highest BCUT2D eigenvalue weighted by atomic mass is 31.2. The number of allylic oxidation sites excluding steroid dienone is 14. The van der Waals surface area contributed by atoms with Crippen LogP contribution < -0.4 is 0 Å². The van der Waals surface area contributed by atoms with Gasteiger partial charge >= 0.3 is 27.6 Å². The lowest BCUT2D eigenvalue weighted by molar-refractivity contribution is -0.161. The number of aliphatic hydroxyl groups is 2. The minimum atomic E-state index is -4.88. The van der Waals surface area contributed by atoms with Crippen LogP contribution in [0.2, 0.25) is 0 Å². The van der Waals surface area contributed by atoms with E-state index in [1.165, 1.54) is 19.3 Å². The molecule has 4 atom stereocenters. The molecular formula is C46H78O14P2. The number of carbonyl (C=O) groups excluding carboxylic acids is 2. The van der Waals surface area contributed by atoms with E-state index in [1.54, 1.807) is 0 Å². The largest absolute Gasteiger partial charge is 0.472 e. The Morgan fingerprint density at radius 2 is 0.952 bits per heavy atom. The van der Waals surface area contributed by atoms with Crippen LogP contribution in [0, 0.1) is 0 Å². The summed E-state index contributed by atoms with van der Waals surface area (Å²) in [7, 11) is -9.72. The summed E-state index contributed by atoms with van der Waals surface area (Å²) in [5, 5.41) is 19.3. The molecule has 5 N–H and O–H groups in total. The molecule has 0 spiro atoms. The summed E-state index contributed by atoms with van der Waals surface area (Å²) in [6.07, 6.45) is 43.8. The van der Waals surface area contributed by atoms with Crippen LogP contribution in [0.1, 0.15) is 149 Å². The number of rotatable bonds is 41. The second kappa shape index (κ2) is 41.0. The first-order valence-corrected chi connectivity index (χ1v) is 25.4. The highest BCUT2D eigenvalue weighted by Crippen LogP contribution is 2.43. The number of ether oxygens (including phenoxy) is 2. The van der Waals surface area contributed by atoms with Gasteiger partial charge in [-0.3, -0.25) is 23.2 Å². The van der Waals surface area contributed by atoms with Crippen LogP contribution in [0.25, 0.3) is 0 Å². The second-order valence-electron chi connectivity index (χ2n) is 14.8. The zero-order valence-corrected chi connectivity index (χ0v) is 39.1. The predicted molar refractivity (Wildman–Crippen MR) is 245 cm³/mol. The van der Waals surface area contributed by atoms with Gasteiger partial charge < -0.3 is 34.4 Å². The van der Waals surface area contributed by atoms with Crippen molar-refractivity contribution < 1.29 is 66.7 Å². The molecule has 0 aliphatic rings. The van der Waals surface area contributed by atoms with Gasteiger partial charge in [-0.2, -0.15) is 0 Å². The van der Waals surface area contributed by atoms with Crippen LogP contribution >= 0.6 is 15.6 Å². The van der Waals surface area contributed by atoms with E-state index in [9.17, 15) is 33.8 Å². The maximum absolute atomic E-state index is 12.7. The average Bonchev–Trinajstić information content (AvgIpc) is 3.23. The quantitative estimate of drug-likeness (QED) is 0.0167. The Kier molecular flexibility index (Phi) is 39.2. The zero-order valence-electron chi connectivity index (χ0n) is 37.3. The summed E-state index contributed by atoms with van der Waals surface area (Å²) < 4.78 is 47.7. The van der Waals surface area contributed by atoms with E-state index < -0.39 is 66.2 Å². The third-order valence-electron chi connectivity index (χ3n) is 8.91. The van der Waals surface area contributed by atoms with Gasteiger partial charge in [0.05, 0.1) is 25.9 Å². The molecule has 16 heteroatoms. The van der Waals surface area contributed by atoms with Crippen LogP contribution in [-0.4, -0.2) is 81.6 Å². The molecule has 62 heavy (non-hydrogen) atoms. The van der Waals surface area contributed by atoms with Crippen LogP contribution in [0.4, 0.5) is 0 Å². The molecule has 0 amide bonds. The van der Waals surface area contributed by atoms with Gasteiger partial charge in [0, 0.05) is 12.8 Å². The normalized spacial score (nSPS) is 15.3. The second-order valence-corrected chi connectivity index (χ2v) is 17.4. The minimum Gasteiger partial charge on any atom is -0.462 e. The zero-order chi connectivity index (χ0) is 46.0. The number of unbranched alkanes of at least 4 members (excludes halogenated alkanes) is 8. The number of phosphoric acid groups is 2. The molecule has 0 saturated carbocycles. The van der Waals surface area contributed by atoms with Crippen molar-refractivity contribution >= 4 is 27.6 Å². The maximum Gasteiger partial charge on any atom is 0.472 e. The van der Waals surface area contributed by atoms with Crippen molar-refractivity contribution in [2.75, 3.05) is 26.4 Å². The Morgan fingerprint density at radius 1 is 0.500 bits per heavy atom. The molecule has 0 aromatic carbocycles. The minimum absolute atomic E-state index is 0.0326.